The topological polar surface area (TPSA) is 19.6 Å². The van der Waals surface area contributed by atoms with Gasteiger partial charge in [-0.05, 0) is 65.0 Å². The molecule has 1 aliphatic rings. The second kappa shape index (κ2) is 11.8. The summed E-state index contributed by atoms with van der Waals surface area (Å²) in [5, 5.41) is 4.62. The number of nitrogens with zero attached hydrogens (tertiary/aromatic N) is 2. The fourth-order valence-corrected chi connectivity index (χ4v) is 8.36. The van der Waals surface area contributed by atoms with Crippen LogP contribution in [0.15, 0.2) is 186 Å². The number of benzene rings is 8. The van der Waals surface area contributed by atoms with E-state index in [1.165, 1.54) is 27.6 Å². The lowest BCUT2D eigenvalue weighted by atomic mass is 9.73. The van der Waals surface area contributed by atoms with E-state index < -0.39 is 0 Å². The molecule has 52 heavy (non-hydrogen) atoms. The van der Waals surface area contributed by atoms with Gasteiger partial charge in [-0.15, -0.1) is 0 Å². The van der Waals surface area contributed by atoms with Gasteiger partial charge in [0, 0.05) is 49.8 Å². The van der Waals surface area contributed by atoms with E-state index in [1.54, 1.807) is 0 Å². The van der Waals surface area contributed by atoms with Crippen molar-refractivity contribution in [2.45, 2.75) is 19.3 Å². The summed E-state index contributed by atoms with van der Waals surface area (Å²) in [6.45, 7) is 4.71. The molecule has 0 N–H and O–H groups in total. The van der Waals surface area contributed by atoms with Crippen LogP contribution in [0.3, 0.4) is 0 Å². The standard InChI is InChI=1S/C49H36N2O/c1-49(2)42-25-12-13-26-44(42)51(45-32-36(29-31-43(45)49)50(34-17-5-3-6-18-34)35-19-7-4-8-20-35)47-37-21-10-9-16-33(37)28-30-39(47)41-24-15-23-40-38-22-11-14-27-46(38)52-48(40)41/h3-32H,1-2H3. The Morgan fingerprint density at radius 2 is 1.10 bits per heavy atom. The van der Waals surface area contributed by atoms with Gasteiger partial charge in [0.05, 0.1) is 17.1 Å². The van der Waals surface area contributed by atoms with Crippen LogP contribution in [-0.2, 0) is 5.41 Å². The van der Waals surface area contributed by atoms with Gasteiger partial charge in [-0.25, -0.2) is 0 Å². The predicted molar refractivity (Wildman–Crippen MR) is 218 cm³/mol. The molecular formula is C49H36N2O. The Kier molecular flexibility index (Phi) is 6.84. The molecule has 1 aromatic heterocycles. The molecule has 0 unspecified atom stereocenters. The fraction of sp³-hybridized carbons (Fsp3) is 0.0612. The molecule has 0 saturated heterocycles. The van der Waals surface area contributed by atoms with Crippen LogP contribution in [0.2, 0.25) is 0 Å². The SMILES string of the molecule is CC1(C)c2ccccc2N(c2c(-c3cccc4c3oc3ccccc34)ccc3ccccc23)c2cc(N(c3ccccc3)c3ccccc3)ccc21. The van der Waals surface area contributed by atoms with Crippen molar-refractivity contribution in [2.75, 3.05) is 9.80 Å². The van der Waals surface area contributed by atoms with E-state index >= 15 is 0 Å². The number of para-hydroxylation sites is 5. The highest BCUT2D eigenvalue weighted by atomic mass is 16.3. The minimum atomic E-state index is -0.241. The molecule has 0 amide bonds. The summed E-state index contributed by atoms with van der Waals surface area (Å²) in [6, 6.07) is 65.4. The van der Waals surface area contributed by atoms with Gasteiger partial charge in [0.25, 0.3) is 0 Å². The summed E-state index contributed by atoms with van der Waals surface area (Å²) < 4.78 is 6.69. The number of rotatable bonds is 5. The maximum Gasteiger partial charge on any atom is 0.143 e. The van der Waals surface area contributed by atoms with Gasteiger partial charge < -0.3 is 14.2 Å². The third kappa shape index (κ3) is 4.59. The number of fused-ring (bicyclic) bond motifs is 6. The van der Waals surface area contributed by atoms with Gasteiger partial charge in [0.15, 0.2) is 0 Å². The van der Waals surface area contributed by atoms with Crippen molar-refractivity contribution in [3.8, 4) is 11.1 Å². The van der Waals surface area contributed by atoms with Crippen LogP contribution in [0.25, 0.3) is 43.8 Å². The predicted octanol–water partition coefficient (Wildman–Crippen LogP) is 14.0. The van der Waals surface area contributed by atoms with E-state index in [0.29, 0.717) is 0 Å². The Balaban J connectivity index is 1.30. The molecular weight excluding hydrogens is 633 g/mol. The molecule has 3 heteroatoms. The third-order valence-electron chi connectivity index (χ3n) is 10.8. The Hall–Kier alpha value is -6.58. The first-order valence-corrected chi connectivity index (χ1v) is 17.9. The van der Waals surface area contributed by atoms with E-state index in [2.05, 4.69) is 200 Å². The minimum absolute atomic E-state index is 0.241. The highest BCUT2D eigenvalue weighted by Crippen LogP contribution is 2.56. The normalized spacial score (nSPS) is 13.3. The molecule has 8 aromatic carbocycles. The maximum absolute atomic E-state index is 6.69. The van der Waals surface area contributed by atoms with Crippen molar-refractivity contribution in [1.82, 2.24) is 0 Å². The van der Waals surface area contributed by atoms with Gasteiger partial charge in [-0.1, -0.05) is 147 Å². The first-order valence-electron chi connectivity index (χ1n) is 17.9. The first kappa shape index (κ1) is 30.3. The summed E-state index contributed by atoms with van der Waals surface area (Å²) in [7, 11) is 0. The van der Waals surface area contributed by atoms with Gasteiger partial charge >= 0.3 is 0 Å². The van der Waals surface area contributed by atoms with Crippen LogP contribution in [0.1, 0.15) is 25.0 Å². The van der Waals surface area contributed by atoms with Crippen LogP contribution >= 0.6 is 0 Å². The fourth-order valence-electron chi connectivity index (χ4n) is 8.36. The van der Waals surface area contributed by atoms with Crippen molar-refractivity contribution >= 4 is 66.8 Å². The summed E-state index contributed by atoms with van der Waals surface area (Å²) in [5.74, 6) is 0. The molecule has 1 aliphatic heterocycles. The van der Waals surface area contributed by atoms with E-state index in [-0.39, 0.29) is 5.41 Å². The zero-order valence-corrected chi connectivity index (χ0v) is 29.1. The Morgan fingerprint density at radius 1 is 0.462 bits per heavy atom. The van der Waals surface area contributed by atoms with Crippen molar-refractivity contribution in [1.29, 1.82) is 0 Å². The second-order valence-corrected chi connectivity index (χ2v) is 14.1. The first-order chi connectivity index (χ1) is 25.6. The molecule has 0 spiro atoms. The summed E-state index contributed by atoms with van der Waals surface area (Å²) in [4.78, 5) is 4.87. The van der Waals surface area contributed by atoms with Crippen LogP contribution in [0, 0.1) is 0 Å². The number of hydrogen-bond donors (Lipinski definition) is 0. The molecule has 0 saturated carbocycles. The number of hydrogen-bond acceptors (Lipinski definition) is 3. The molecule has 0 radical (unpaired) electrons. The zero-order chi connectivity index (χ0) is 34.8. The van der Waals surface area contributed by atoms with Crippen LogP contribution < -0.4 is 9.80 Å². The van der Waals surface area contributed by atoms with Gasteiger partial charge in [0.1, 0.15) is 11.2 Å². The third-order valence-corrected chi connectivity index (χ3v) is 10.8. The van der Waals surface area contributed by atoms with E-state index in [1.807, 2.05) is 6.07 Å². The van der Waals surface area contributed by atoms with E-state index in [9.17, 15) is 0 Å². The number of anilines is 6. The quantitative estimate of drug-likeness (QED) is 0.182. The molecule has 0 fully saturated rings. The van der Waals surface area contributed by atoms with Crippen molar-refractivity contribution in [3.63, 3.8) is 0 Å². The molecule has 10 rings (SSSR count). The molecule has 0 bridgehead atoms. The van der Waals surface area contributed by atoms with Gasteiger partial charge in [0.2, 0.25) is 0 Å². The second-order valence-electron chi connectivity index (χ2n) is 14.1. The Bertz CT molecular complexity index is 2740. The van der Waals surface area contributed by atoms with Crippen LogP contribution in [0.5, 0.6) is 0 Å². The van der Waals surface area contributed by atoms with Gasteiger partial charge in [-0.2, -0.15) is 0 Å². The van der Waals surface area contributed by atoms with Crippen molar-refractivity contribution in [2.24, 2.45) is 0 Å². The molecule has 0 atom stereocenters. The average Bonchev–Trinajstić information content (AvgIpc) is 3.58. The van der Waals surface area contributed by atoms with Crippen LogP contribution in [0.4, 0.5) is 34.1 Å². The lowest BCUT2D eigenvalue weighted by Gasteiger charge is -2.43. The Labute approximate surface area is 303 Å². The molecule has 0 aliphatic carbocycles. The molecule has 9 aromatic rings. The van der Waals surface area contributed by atoms with Crippen molar-refractivity contribution < 1.29 is 4.42 Å². The Morgan fingerprint density at radius 3 is 1.88 bits per heavy atom. The summed E-state index contributed by atoms with van der Waals surface area (Å²) >= 11 is 0. The summed E-state index contributed by atoms with van der Waals surface area (Å²) in [5.41, 5.74) is 13.1. The maximum atomic E-state index is 6.69. The largest absolute Gasteiger partial charge is 0.455 e. The molecule has 3 nitrogen and oxygen atoms in total. The molecule has 248 valence electrons. The van der Waals surface area contributed by atoms with Gasteiger partial charge in [-0.3, -0.25) is 0 Å². The lowest BCUT2D eigenvalue weighted by Crippen LogP contribution is -2.31. The van der Waals surface area contributed by atoms with Crippen LogP contribution in [-0.4, -0.2) is 0 Å². The monoisotopic (exact) mass is 668 g/mol. The van der Waals surface area contributed by atoms with E-state index in [0.717, 1.165) is 61.5 Å². The average molecular weight is 669 g/mol. The smallest absolute Gasteiger partial charge is 0.143 e. The lowest BCUT2D eigenvalue weighted by molar-refractivity contribution is 0.632. The van der Waals surface area contributed by atoms with E-state index in [4.69, 9.17) is 4.42 Å². The highest BCUT2D eigenvalue weighted by Gasteiger charge is 2.38. The molecule has 2 heterocycles. The minimum Gasteiger partial charge on any atom is -0.455 e. The highest BCUT2D eigenvalue weighted by molar-refractivity contribution is 6.14. The summed E-state index contributed by atoms with van der Waals surface area (Å²) in [6.07, 6.45) is 0. The zero-order valence-electron chi connectivity index (χ0n) is 29.1. The number of furan rings is 1. The van der Waals surface area contributed by atoms with Crippen molar-refractivity contribution in [3.05, 3.63) is 193 Å².